The lowest BCUT2D eigenvalue weighted by molar-refractivity contribution is -0.120. The van der Waals surface area contributed by atoms with Gasteiger partial charge in [-0.1, -0.05) is 24.1 Å². The summed E-state index contributed by atoms with van der Waals surface area (Å²) in [4.78, 5) is 20.2. The third-order valence-corrected chi connectivity index (χ3v) is 9.46. The Kier molecular flexibility index (Phi) is 7.19. The van der Waals surface area contributed by atoms with Crippen molar-refractivity contribution in [3.63, 3.8) is 0 Å². The summed E-state index contributed by atoms with van der Waals surface area (Å²) in [7, 11) is -3.49. The summed E-state index contributed by atoms with van der Waals surface area (Å²) in [6.07, 6.45) is 4.60. The maximum atomic E-state index is 13.1. The molecular formula is C27H31ClN4O3S. The number of hydrogen-bond donors (Lipinski definition) is 1. The van der Waals surface area contributed by atoms with E-state index in [2.05, 4.69) is 10.2 Å². The highest BCUT2D eigenvalue weighted by Gasteiger charge is 2.28. The van der Waals surface area contributed by atoms with E-state index in [1.807, 2.05) is 31.2 Å². The molecule has 1 aromatic heterocycles. The Hall–Kier alpha value is -2.68. The summed E-state index contributed by atoms with van der Waals surface area (Å²) >= 11 is 6.20. The highest BCUT2D eigenvalue weighted by atomic mass is 35.5. The normalized spacial score (nSPS) is 19.4. The van der Waals surface area contributed by atoms with Gasteiger partial charge in [-0.15, -0.1) is 0 Å². The molecule has 2 aliphatic rings. The van der Waals surface area contributed by atoms with Crippen molar-refractivity contribution >= 4 is 49.9 Å². The third kappa shape index (κ3) is 5.21. The molecule has 3 aromatic rings. The van der Waals surface area contributed by atoms with E-state index in [1.165, 1.54) is 0 Å². The number of aromatic nitrogens is 1. The predicted molar refractivity (Wildman–Crippen MR) is 144 cm³/mol. The van der Waals surface area contributed by atoms with Crippen molar-refractivity contribution in [2.75, 3.05) is 36.4 Å². The number of hydrogen-bond acceptors (Lipinski definition) is 5. The Balaban J connectivity index is 1.30. The maximum Gasteiger partial charge on any atom is 0.243 e. The molecule has 0 bridgehead atoms. The highest BCUT2D eigenvalue weighted by molar-refractivity contribution is 7.89. The van der Waals surface area contributed by atoms with E-state index in [1.54, 1.807) is 28.6 Å². The number of carbonyl (C=O) groups is 1. The molecule has 1 atom stereocenters. The predicted octanol–water partition coefficient (Wildman–Crippen LogP) is 5.23. The smallest absolute Gasteiger partial charge is 0.243 e. The molecule has 36 heavy (non-hydrogen) atoms. The molecule has 1 N–H and O–H groups in total. The summed E-state index contributed by atoms with van der Waals surface area (Å²) < 4.78 is 27.7. The van der Waals surface area contributed by atoms with Crippen LogP contribution in [-0.2, 0) is 14.8 Å². The summed E-state index contributed by atoms with van der Waals surface area (Å²) in [6, 6.07) is 14.5. The van der Waals surface area contributed by atoms with Crippen LogP contribution in [0.5, 0.6) is 0 Å². The molecular weight excluding hydrogens is 496 g/mol. The van der Waals surface area contributed by atoms with Crippen molar-refractivity contribution in [3.05, 3.63) is 59.1 Å². The molecule has 2 aromatic carbocycles. The van der Waals surface area contributed by atoms with Gasteiger partial charge in [-0.25, -0.2) is 13.4 Å². The zero-order chi connectivity index (χ0) is 25.3. The summed E-state index contributed by atoms with van der Waals surface area (Å²) in [6.45, 7) is 4.49. The molecule has 1 amide bonds. The first-order valence-corrected chi connectivity index (χ1v) is 14.4. The molecule has 2 saturated heterocycles. The van der Waals surface area contributed by atoms with Crippen molar-refractivity contribution in [2.45, 2.75) is 43.9 Å². The second-order valence-corrected chi connectivity index (χ2v) is 12.1. The summed E-state index contributed by atoms with van der Waals surface area (Å²) in [5.41, 5.74) is 2.41. The van der Waals surface area contributed by atoms with Crippen molar-refractivity contribution in [1.82, 2.24) is 9.29 Å². The summed E-state index contributed by atoms with van der Waals surface area (Å²) in [5.74, 6) is 0.617. The number of amides is 1. The van der Waals surface area contributed by atoms with Crippen LogP contribution in [0.15, 0.2) is 53.4 Å². The Bertz CT molecular complexity index is 1390. The van der Waals surface area contributed by atoms with Crippen LogP contribution in [0.3, 0.4) is 0 Å². The van der Waals surface area contributed by atoms with Crippen molar-refractivity contribution in [2.24, 2.45) is 5.92 Å². The quantitative estimate of drug-likeness (QED) is 0.492. The van der Waals surface area contributed by atoms with Gasteiger partial charge < -0.3 is 10.2 Å². The molecule has 5 rings (SSSR count). The van der Waals surface area contributed by atoms with Gasteiger partial charge in [0.1, 0.15) is 5.82 Å². The van der Waals surface area contributed by atoms with E-state index in [4.69, 9.17) is 16.6 Å². The van der Waals surface area contributed by atoms with Crippen LogP contribution < -0.4 is 10.2 Å². The van der Waals surface area contributed by atoms with Gasteiger partial charge >= 0.3 is 0 Å². The lowest BCUT2D eigenvalue weighted by atomic mass is 9.97. The second-order valence-electron chi connectivity index (χ2n) is 9.73. The Morgan fingerprint density at radius 2 is 1.81 bits per heavy atom. The molecule has 0 spiro atoms. The van der Waals surface area contributed by atoms with Crippen LogP contribution in [0.2, 0.25) is 5.02 Å². The zero-order valence-electron chi connectivity index (χ0n) is 20.4. The number of nitrogens with zero attached hydrogens (tertiary/aromatic N) is 3. The van der Waals surface area contributed by atoms with Gasteiger partial charge in [-0.3, -0.25) is 4.79 Å². The molecule has 7 nitrogen and oxygen atoms in total. The molecule has 3 heterocycles. The first-order valence-electron chi connectivity index (χ1n) is 12.5. The zero-order valence-corrected chi connectivity index (χ0v) is 22.0. The first-order chi connectivity index (χ1) is 17.3. The van der Waals surface area contributed by atoms with Gasteiger partial charge in [-0.05, 0) is 80.6 Å². The van der Waals surface area contributed by atoms with E-state index in [9.17, 15) is 13.2 Å². The van der Waals surface area contributed by atoms with Gasteiger partial charge in [0.25, 0.3) is 0 Å². The molecule has 0 saturated carbocycles. The number of pyridine rings is 1. The van der Waals surface area contributed by atoms with E-state index >= 15 is 0 Å². The van der Waals surface area contributed by atoms with E-state index in [-0.39, 0.29) is 11.8 Å². The van der Waals surface area contributed by atoms with Gasteiger partial charge in [0, 0.05) is 42.3 Å². The fourth-order valence-electron chi connectivity index (χ4n) is 5.00. The number of carbonyl (C=O) groups excluding carboxylic acids is 1. The van der Waals surface area contributed by atoms with Crippen LogP contribution >= 0.6 is 11.6 Å². The second kappa shape index (κ2) is 10.4. The van der Waals surface area contributed by atoms with Gasteiger partial charge in [0.05, 0.1) is 16.3 Å². The number of nitrogens with one attached hydrogen (secondary N) is 1. The molecule has 9 heteroatoms. The minimum Gasteiger partial charge on any atom is -0.356 e. The van der Waals surface area contributed by atoms with E-state index < -0.39 is 10.0 Å². The lowest BCUT2D eigenvalue weighted by Crippen LogP contribution is -2.41. The number of anilines is 2. The molecule has 0 radical (unpaired) electrons. The molecule has 0 unspecified atom stereocenters. The van der Waals surface area contributed by atoms with Crippen molar-refractivity contribution < 1.29 is 13.2 Å². The first kappa shape index (κ1) is 25.0. The highest BCUT2D eigenvalue weighted by Crippen LogP contribution is 2.28. The number of piperidine rings is 2. The molecule has 190 valence electrons. The molecule has 2 aliphatic heterocycles. The fourth-order valence-corrected chi connectivity index (χ4v) is 6.73. The van der Waals surface area contributed by atoms with Gasteiger partial charge in [0.2, 0.25) is 15.9 Å². The van der Waals surface area contributed by atoms with Gasteiger partial charge in [-0.2, -0.15) is 4.31 Å². The van der Waals surface area contributed by atoms with Gasteiger partial charge in [0.15, 0.2) is 0 Å². The van der Waals surface area contributed by atoms with E-state index in [0.717, 1.165) is 60.9 Å². The molecule has 2 fully saturated rings. The van der Waals surface area contributed by atoms with Crippen molar-refractivity contribution in [1.29, 1.82) is 0 Å². The average molecular weight is 527 g/mol. The maximum absolute atomic E-state index is 13.1. The number of fused-ring (bicyclic) bond motifs is 1. The molecule has 0 aliphatic carbocycles. The number of rotatable bonds is 5. The number of halogens is 1. The van der Waals surface area contributed by atoms with Crippen LogP contribution in [0.1, 0.15) is 37.7 Å². The van der Waals surface area contributed by atoms with Crippen LogP contribution in [0.25, 0.3) is 10.9 Å². The number of benzene rings is 2. The standard InChI is InChI=1S/C27H31ClN4O3S/c1-19-7-9-22(17-24(19)28)29-27(33)21-6-5-13-31(18-21)26-12-8-20-16-23(10-11-25(20)30-26)36(34,35)32-14-3-2-4-15-32/h7-12,16-17,21H,2-6,13-15,18H2,1H3,(H,29,33)/t21-/m0/s1. The van der Waals surface area contributed by atoms with Crippen LogP contribution in [0, 0.1) is 12.8 Å². The Morgan fingerprint density at radius 1 is 1.00 bits per heavy atom. The number of sulfonamides is 1. The Morgan fingerprint density at radius 3 is 2.58 bits per heavy atom. The van der Waals surface area contributed by atoms with Crippen molar-refractivity contribution in [3.8, 4) is 0 Å². The topological polar surface area (TPSA) is 82.6 Å². The monoisotopic (exact) mass is 526 g/mol. The van der Waals surface area contributed by atoms with Crippen LogP contribution in [-0.4, -0.2) is 49.8 Å². The Labute approximate surface area is 217 Å². The fraction of sp³-hybridized carbons (Fsp3) is 0.407. The average Bonchev–Trinajstić information content (AvgIpc) is 2.90. The largest absolute Gasteiger partial charge is 0.356 e. The summed E-state index contributed by atoms with van der Waals surface area (Å²) in [5, 5.41) is 4.42. The number of aryl methyl sites for hydroxylation is 1. The minimum atomic E-state index is -3.49. The van der Waals surface area contributed by atoms with E-state index in [0.29, 0.717) is 35.2 Å². The lowest BCUT2D eigenvalue weighted by Gasteiger charge is -2.33. The SMILES string of the molecule is Cc1ccc(NC(=O)[C@H]2CCCN(c3ccc4cc(S(=O)(=O)N5CCCCC5)ccc4n3)C2)cc1Cl. The van der Waals surface area contributed by atoms with Crippen LogP contribution in [0.4, 0.5) is 11.5 Å². The third-order valence-electron chi connectivity index (χ3n) is 7.15. The minimum absolute atomic E-state index is 0.0204.